The van der Waals surface area contributed by atoms with Crippen molar-refractivity contribution in [3.63, 3.8) is 0 Å². The van der Waals surface area contributed by atoms with Gasteiger partial charge in [0.1, 0.15) is 4.60 Å². The van der Waals surface area contributed by atoms with Crippen LogP contribution in [0, 0.1) is 5.92 Å². The predicted octanol–water partition coefficient (Wildman–Crippen LogP) is 0.698. The molecule has 1 atom stereocenters. The Labute approximate surface area is 95.9 Å². The minimum absolute atomic E-state index is 0.105. The number of hydrogen-bond acceptors (Lipinski definition) is 3. The van der Waals surface area contributed by atoms with Crippen molar-refractivity contribution < 1.29 is 9.53 Å². The SMILES string of the molecule is Cn1ncc(OCC2CNC(=O)C2)c1Br. The van der Waals surface area contributed by atoms with Gasteiger partial charge in [0.05, 0.1) is 12.8 Å². The summed E-state index contributed by atoms with van der Waals surface area (Å²) in [6.45, 7) is 1.25. The van der Waals surface area contributed by atoms with Crippen LogP contribution in [0.5, 0.6) is 5.75 Å². The highest BCUT2D eigenvalue weighted by atomic mass is 79.9. The van der Waals surface area contributed by atoms with Gasteiger partial charge in [0.15, 0.2) is 5.75 Å². The van der Waals surface area contributed by atoms with Crippen LogP contribution in [0.4, 0.5) is 0 Å². The van der Waals surface area contributed by atoms with Crippen molar-refractivity contribution in [1.29, 1.82) is 0 Å². The quantitative estimate of drug-likeness (QED) is 0.882. The summed E-state index contributed by atoms with van der Waals surface area (Å²) in [6.07, 6.45) is 2.21. The van der Waals surface area contributed by atoms with Crippen LogP contribution in [0.2, 0.25) is 0 Å². The summed E-state index contributed by atoms with van der Waals surface area (Å²) in [5.41, 5.74) is 0. The van der Waals surface area contributed by atoms with Crippen LogP contribution in [0.1, 0.15) is 6.42 Å². The molecule has 1 aromatic heterocycles. The second-order valence-corrected chi connectivity index (χ2v) is 4.36. The van der Waals surface area contributed by atoms with Gasteiger partial charge in [0, 0.05) is 25.9 Å². The Kier molecular flexibility index (Phi) is 2.95. The van der Waals surface area contributed by atoms with Crippen molar-refractivity contribution in [2.75, 3.05) is 13.2 Å². The second-order valence-electron chi connectivity index (χ2n) is 3.61. The Hall–Kier alpha value is -1.04. The average molecular weight is 274 g/mol. The lowest BCUT2D eigenvalue weighted by atomic mass is 10.1. The molecule has 1 aliphatic rings. The number of halogens is 1. The van der Waals surface area contributed by atoms with Gasteiger partial charge in [-0.2, -0.15) is 5.10 Å². The lowest BCUT2D eigenvalue weighted by molar-refractivity contribution is -0.119. The molecule has 1 saturated heterocycles. The molecule has 82 valence electrons. The summed E-state index contributed by atoms with van der Waals surface area (Å²) in [5, 5.41) is 6.81. The van der Waals surface area contributed by atoms with Gasteiger partial charge >= 0.3 is 0 Å². The van der Waals surface area contributed by atoms with E-state index in [9.17, 15) is 4.79 Å². The Bertz CT molecular complexity index is 377. The van der Waals surface area contributed by atoms with Crippen molar-refractivity contribution in [2.24, 2.45) is 13.0 Å². The third-order valence-electron chi connectivity index (χ3n) is 2.37. The molecule has 1 aliphatic heterocycles. The van der Waals surface area contributed by atoms with Gasteiger partial charge in [-0.05, 0) is 15.9 Å². The zero-order chi connectivity index (χ0) is 10.8. The normalized spacial score (nSPS) is 20.4. The summed E-state index contributed by atoms with van der Waals surface area (Å²) in [6, 6.07) is 0. The summed E-state index contributed by atoms with van der Waals surface area (Å²) >= 11 is 3.36. The minimum Gasteiger partial charge on any atom is -0.489 e. The topological polar surface area (TPSA) is 56.1 Å². The zero-order valence-corrected chi connectivity index (χ0v) is 9.95. The molecule has 0 saturated carbocycles. The minimum atomic E-state index is 0.105. The maximum Gasteiger partial charge on any atom is 0.220 e. The molecule has 15 heavy (non-hydrogen) atoms. The highest BCUT2D eigenvalue weighted by Gasteiger charge is 2.22. The third kappa shape index (κ3) is 2.31. The van der Waals surface area contributed by atoms with Gasteiger partial charge in [-0.25, -0.2) is 0 Å². The molecule has 2 heterocycles. The zero-order valence-electron chi connectivity index (χ0n) is 8.36. The maximum atomic E-state index is 10.9. The van der Waals surface area contributed by atoms with E-state index in [-0.39, 0.29) is 11.8 Å². The van der Waals surface area contributed by atoms with Crippen LogP contribution < -0.4 is 10.1 Å². The number of aryl methyl sites for hydroxylation is 1. The number of nitrogens with one attached hydrogen (secondary N) is 1. The number of aromatic nitrogens is 2. The van der Waals surface area contributed by atoms with Gasteiger partial charge in [-0.1, -0.05) is 0 Å². The standard InChI is InChI=1S/C9H12BrN3O2/c1-13-9(10)7(4-12-13)15-5-6-2-8(14)11-3-6/h4,6H,2-3,5H2,1H3,(H,11,14). The van der Waals surface area contributed by atoms with Gasteiger partial charge in [-0.3, -0.25) is 9.48 Å². The summed E-state index contributed by atoms with van der Waals surface area (Å²) in [4.78, 5) is 10.9. The molecule has 5 nitrogen and oxygen atoms in total. The van der Waals surface area contributed by atoms with Gasteiger partial charge < -0.3 is 10.1 Å². The van der Waals surface area contributed by atoms with E-state index in [0.717, 1.165) is 10.4 Å². The van der Waals surface area contributed by atoms with Crippen LogP contribution >= 0.6 is 15.9 Å². The van der Waals surface area contributed by atoms with Crippen molar-refractivity contribution in [3.05, 3.63) is 10.8 Å². The number of rotatable bonds is 3. The fraction of sp³-hybridized carbons (Fsp3) is 0.556. The van der Waals surface area contributed by atoms with Gasteiger partial charge in [0.2, 0.25) is 5.91 Å². The van der Waals surface area contributed by atoms with Crippen LogP contribution in [0.3, 0.4) is 0 Å². The Morgan fingerprint density at radius 2 is 2.60 bits per heavy atom. The number of amides is 1. The molecule has 0 aromatic carbocycles. The molecule has 1 N–H and O–H groups in total. The van der Waals surface area contributed by atoms with E-state index in [2.05, 4.69) is 26.3 Å². The molecule has 6 heteroatoms. The summed E-state index contributed by atoms with van der Waals surface area (Å²) in [5.74, 6) is 1.09. The predicted molar refractivity (Wildman–Crippen MR) is 57.5 cm³/mol. The fourth-order valence-electron chi connectivity index (χ4n) is 1.49. The highest BCUT2D eigenvalue weighted by molar-refractivity contribution is 9.10. The van der Waals surface area contributed by atoms with Crippen molar-refractivity contribution >= 4 is 21.8 Å². The molecule has 0 radical (unpaired) electrons. The lowest BCUT2D eigenvalue weighted by Gasteiger charge is -2.08. The molecular weight excluding hydrogens is 262 g/mol. The van der Waals surface area contributed by atoms with Crippen molar-refractivity contribution in [2.45, 2.75) is 6.42 Å². The van der Waals surface area contributed by atoms with E-state index in [1.807, 2.05) is 7.05 Å². The average Bonchev–Trinajstić information content (AvgIpc) is 2.74. The van der Waals surface area contributed by atoms with E-state index < -0.39 is 0 Å². The van der Waals surface area contributed by atoms with E-state index in [1.54, 1.807) is 10.9 Å². The molecule has 0 bridgehead atoms. The van der Waals surface area contributed by atoms with Crippen LogP contribution in [0.25, 0.3) is 0 Å². The number of ether oxygens (including phenoxy) is 1. The maximum absolute atomic E-state index is 10.9. The fourth-order valence-corrected chi connectivity index (χ4v) is 1.80. The smallest absolute Gasteiger partial charge is 0.220 e. The van der Waals surface area contributed by atoms with Crippen LogP contribution in [0.15, 0.2) is 10.8 Å². The van der Waals surface area contributed by atoms with Gasteiger partial charge in [-0.15, -0.1) is 0 Å². The van der Waals surface area contributed by atoms with E-state index >= 15 is 0 Å². The molecule has 1 fully saturated rings. The number of nitrogens with zero attached hydrogens (tertiary/aromatic N) is 2. The Morgan fingerprint density at radius 1 is 1.80 bits per heavy atom. The molecule has 1 aromatic rings. The molecule has 1 unspecified atom stereocenters. The first-order chi connectivity index (χ1) is 7.16. The molecular formula is C9H12BrN3O2. The molecule has 0 aliphatic carbocycles. The highest BCUT2D eigenvalue weighted by Crippen LogP contribution is 2.24. The monoisotopic (exact) mass is 273 g/mol. The van der Waals surface area contributed by atoms with Crippen molar-refractivity contribution in [1.82, 2.24) is 15.1 Å². The van der Waals surface area contributed by atoms with Gasteiger partial charge in [0.25, 0.3) is 0 Å². The van der Waals surface area contributed by atoms with Crippen LogP contribution in [-0.2, 0) is 11.8 Å². The number of carbonyl (C=O) groups is 1. The summed E-state index contributed by atoms with van der Waals surface area (Å²) < 4.78 is 8.07. The largest absolute Gasteiger partial charge is 0.489 e. The first kappa shape index (κ1) is 10.5. The molecule has 1 amide bonds. The first-order valence-electron chi connectivity index (χ1n) is 4.74. The van der Waals surface area contributed by atoms with E-state index in [1.165, 1.54) is 0 Å². The number of carbonyl (C=O) groups excluding carboxylic acids is 1. The van der Waals surface area contributed by atoms with E-state index in [4.69, 9.17) is 4.74 Å². The summed E-state index contributed by atoms with van der Waals surface area (Å²) in [7, 11) is 1.83. The van der Waals surface area contributed by atoms with E-state index in [0.29, 0.717) is 19.6 Å². The second kappa shape index (κ2) is 4.22. The third-order valence-corrected chi connectivity index (χ3v) is 3.28. The van der Waals surface area contributed by atoms with Crippen LogP contribution in [-0.4, -0.2) is 28.8 Å². The number of hydrogen-bond donors (Lipinski definition) is 1. The molecule has 2 rings (SSSR count). The molecule has 0 spiro atoms. The Balaban J connectivity index is 1.88. The lowest BCUT2D eigenvalue weighted by Crippen LogP contribution is -2.16. The Morgan fingerprint density at radius 3 is 3.13 bits per heavy atom. The van der Waals surface area contributed by atoms with Crippen molar-refractivity contribution in [3.8, 4) is 5.75 Å². The first-order valence-corrected chi connectivity index (χ1v) is 5.53.